The zero-order valence-corrected chi connectivity index (χ0v) is 17.3. The van der Waals surface area contributed by atoms with Gasteiger partial charge < -0.3 is 10.6 Å². The molecule has 0 aliphatic heterocycles. The molecule has 6 nitrogen and oxygen atoms in total. The molecular weight excluding hydrogens is 398 g/mol. The van der Waals surface area contributed by atoms with Crippen LogP contribution in [0.5, 0.6) is 0 Å². The first-order chi connectivity index (χ1) is 15.8. The molecule has 0 bridgehead atoms. The van der Waals surface area contributed by atoms with Crippen molar-refractivity contribution in [1.82, 2.24) is 15.0 Å². The van der Waals surface area contributed by atoms with Crippen molar-refractivity contribution in [3.63, 3.8) is 0 Å². The molecule has 2 aromatic carbocycles. The Labute approximate surface area is 185 Å². The lowest BCUT2D eigenvalue weighted by atomic mass is 10.1. The summed E-state index contributed by atoms with van der Waals surface area (Å²) in [5, 5.41) is 8.82. The maximum Gasteiger partial charge on any atom is 0.195 e. The third-order valence-corrected chi connectivity index (χ3v) is 5.32. The predicted molar refractivity (Wildman–Crippen MR) is 129 cm³/mol. The third kappa shape index (κ3) is 4.25. The minimum Gasteiger partial charge on any atom is -0.381 e. The van der Waals surface area contributed by atoms with Gasteiger partial charge in [0.15, 0.2) is 5.43 Å². The Balaban J connectivity index is 1.48. The molecule has 3 heterocycles. The summed E-state index contributed by atoms with van der Waals surface area (Å²) in [4.78, 5) is 26.2. The van der Waals surface area contributed by atoms with E-state index in [9.17, 15) is 4.79 Å². The number of rotatable bonds is 6. The number of fused-ring (bicyclic) bond motifs is 2. The molecule has 0 amide bonds. The number of nitrogens with zero attached hydrogens (tertiary/aromatic N) is 3. The molecule has 6 heteroatoms. The third-order valence-electron chi connectivity index (χ3n) is 5.32. The van der Waals surface area contributed by atoms with Gasteiger partial charge in [-0.25, -0.2) is 0 Å². The quantitative estimate of drug-likeness (QED) is 0.413. The van der Waals surface area contributed by atoms with Gasteiger partial charge in [-0.2, -0.15) is 0 Å². The summed E-state index contributed by atoms with van der Waals surface area (Å²) in [5.41, 5.74) is 4.45. The summed E-state index contributed by atoms with van der Waals surface area (Å²) in [6.07, 6.45) is 8.89. The lowest BCUT2D eigenvalue weighted by molar-refractivity contribution is 1.11. The van der Waals surface area contributed by atoms with Crippen LogP contribution in [0.4, 0.5) is 11.4 Å². The number of aromatic nitrogens is 3. The Morgan fingerprint density at radius 3 is 2.03 bits per heavy atom. The van der Waals surface area contributed by atoms with Crippen LogP contribution < -0.4 is 16.1 Å². The van der Waals surface area contributed by atoms with Gasteiger partial charge in [-0.05, 0) is 52.9 Å². The summed E-state index contributed by atoms with van der Waals surface area (Å²) in [6, 6.07) is 19.4. The van der Waals surface area contributed by atoms with Crippen LogP contribution in [0.2, 0.25) is 0 Å². The second kappa shape index (κ2) is 8.81. The zero-order valence-electron chi connectivity index (χ0n) is 17.3. The van der Waals surface area contributed by atoms with E-state index in [-0.39, 0.29) is 5.43 Å². The van der Waals surface area contributed by atoms with Crippen LogP contribution in [-0.4, -0.2) is 15.0 Å². The number of anilines is 2. The summed E-state index contributed by atoms with van der Waals surface area (Å²) < 4.78 is 0. The highest BCUT2D eigenvalue weighted by atomic mass is 16.1. The monoisotopic (exact) mass is 419 g/mol. The average molecular weight is 419 g/mol. The van der Waals surface area contributed by atoms with Crippen molar-refractivity contribution in [2.24, 2.45) is 0 Å². The van der Waals surface area contributed by atoms with Crippen LogP contribution in [0.15, 0.2) is 96.4 Å². The van der Waals surface area contributed by atoms with Gasteiger partial charge in [0.25, 0.3) is 0 Å². The van der Waals surface area contributed by atoms with Crippen LogP contribution in [0.3, 0.4) is 0 Å². The Hall–Kier alpha value is -4.32. The van der Waals surface area contributed by atoms with E-state index in [1.54, 1.807) is 18.6 Å². The largest absolute Gasteiger partial charge is 0.381 e. The van der Waals surface area contributed by atoms with E-state index in [0.717, 1.165) is 27.9 Å². The molecular formula is C26H21N5O. The van der Waals surface area contributed by atoms with Crippen LogP contribution in [0.1, 0.15) is 11.1 Å². The second-order valence-electron chi connectivity index (χ2n) is 7.55. The Kier molecular flexibility index (Phi) is 5.41. The predicted octanol–water partition coefficient (Wildman–Crippen LogP) is 4.76. The first-order valence-electron chi connectivity index (χ1n) is 10.4. The molecule has 2 N–H and O–H groups in total. The topological polar surface area (TPSA) is 79.8 Å². The number of pyridine rings is 3. The van der Waals surface area contributed by atoms with Gasteiger partial charge in [-0.1, -0.05) is 24.3 Å². The van der Waals surface area contributed by atoms with E-state index in [2.05, 4.69) is 25.6 Å². The van der Waals surface area contributed by atoms with Crippen LogP contribution in [0.25, 0.3) is 21.7 Å². The molecule has 0 unspecified atom stereocenters. The lowest BCUT2D eigenvalue weighted by Gasteiger charge is -2.07. The second-order valence-corrected chi connectivity index (χ2v) is 7.55. The zero-order chi connectivity index (χ0) is 21.8. The SMILES string of the molecule is O=c1c2cc(NCc3cccnc3)ccc2ccc2ncc(NCc3cccnc3)cc12. The highest BCUT2D eigenvalue weighted by molar-refractivity contribution is 5.94. The van der Waals surface area contributed by atoms with Gasteiger partial charge in [-0.15, -0.1) is 0 Å². The van der Waals surface area contributed by atoms with Crippen molar-refractivity contribution >= 4 is 33.1 Å². The summed E-state index contributed by atoms with van der Waals surface area (Å²) in [7, 11) is 0. The summed E-state index contributed by atoms with van der Waals surface area (Å²) in [6.45, 7) is 1.24. The molecule has 32 heavy (non-hydrogen) atoms. The maximum atomic E-state index is 13.4. The summed E-state index contributed by atoms with van der Waals surface area (Å²) in [5.74, 6) is 0. The summed E-state index contributed by atoms with van der Waals surface area (Å²) >= 11 is 0. The molecule has 0 saturated heterocycles. The van der Waals surface area contributed by atoms with Crippen molar-refractivity contribution in [3.05, 3.63) is 113 Å². The number of nitrogens with one attached hydrogen (secondary N) is 2. The van der Waals surface area contributed by atoms with E-state index < -0.39 is 0 Å². The van der Waals surface area contributed by atoms with Crippen LogP contribution in [0, 0.1) is 0 Å². The van der Waals surface area contributed by atoms with Gasteiger partial charge in [0.05, 0.1) is 22.8 Å². The van der Waals surface area contributed by atoms with Gasteiger partial charge >= 0.3 is 0 Å². The lowest BCUT2D eigenvalue weighted by Crippen LogP contribution is -2.04. The van der Waals surface area contributed by atoms with Crippen molar-refractivity contribution in [3.8, 4) is 0 Å². The minimum atomic E-state index is -0.0393. The van der Waals surface area contributed by atoms with E-state index in [0.29, 0.717) is 29.4 Å². The normalized spacial score (nSPS) is 10.9. The van der Waals surface area contributed by atoms with Crippen molar-refractivity contribution in [2.75, 3.05) is 10.6 Å². The van der Waals surface area contributed by atoms with Crippen LogP contribution >= 0.6 is 0 Å². The molecule has 0 saturated carbocycles. The van der Waals surface area contributed by atoms with Crippen molar-refractivity contribution in [2.45, 2.75) is 13.1 Å². The molecule has 0 atom stereocenters. The van der Waals surface area contributed by atoms with E-state index in [4.69, 9.17) is 0 Å². The molecule has 156 valence electrons. The van der Waals surface area contributed by atoms with Crippen LogP contribution in [-0.2, 0) is 13.1 Å². The molecule has 0 radical (unpaired) electrons. The van der Waals surface area contributed by atoms with Crippen molar-refractivity contribution < 1.29 is 0 Å². The van der Waals surface area contributed by atoms with E-state index >= 15 is 0 Å². The smallest absolute Gasteiger partial charge is 0.195 e. The number of hydrogen-bond donors (Lipinski definition) is 2. The fourth-order valence-electron chi connectivity index (χ4n) is 3.62. The Morgan fingerprint density at radius 2 is 1.34 bits per heavy atom. The fraction of sp³-hybridized carbons (Fsp3) is 0.0769. The molecule has 5 rings (SSSR count). The van der Waals surface area contributed by atoms with Gasteiger partial charge in [-0.3, -0.25) is 19.7 Å². The molecule has 0 spiro atoms. The molecule has 0 fully saturated rings. The van der Waals surface area contributed by atoms with Gasteiger partial charge in [0.2, 0.25) is 0 Å². The fourth-order valence-corrected chi connectivity index (χ4v) is 3.62. The van der Waals surface area contributed by atoms with E-state index in [1.807, 2.05) is 73.1 Å². The molecule has 0 aliphatic rings. The molecule has 3 aromatic heterocycles. The van der Waals surface area contributed by atoms with Crippen molar-refractivity contribution in [1.29, 1.82) is 0 Å². The Bertz CT molecular complexity index is 1330. The van der Waals surface area contributed by atoms with Gasteiger partial charge in [0, 0.05) is 49.0 Å². The first-order valence-corrected chi connectivity index (χ1v) is 10.4. The van der Waals surface area contributed by atoms with Gasteiger partial charge in [0.1, 0.15) is 0 Å². The number of benzene rings is 1. The molecule has 0 aliphatic carbocycles. The maximum absolute atomic E-state index is 13.4. The standard InChI is InChI=1S/C26H21N5O/c32-26-23-11-21(29-15-18-3-1-9-27-13-18)7-5-20(23)6-8-25-24(26)12-22(17-31-25)30-16-19-4-2-10-28-14-19/h1-14,17,29-30H,15-16H2. The number of hydrogen-bond acceptors (Lipinski definition) is 6. The minimum absolute atomic E-state index is 0.0393. The Morgan fingerprint density at radius 1 is 0.688 bits per heavy atom. The average Bonchev–Trinajstić information content (AvgIpc) is 2.99. The first kappa shape index (κ1) is 19.6. The highest BCUT2D eigenvalue weighted by Crippen LogP contribution is 2.21. The van der Waals surface area contributed by atoms with E-state index in [1.165, 1.54) is 0 Å². The highest BCUT2D eigenvalue weighted by Gasteiger charge is 2.06. The molecule has 5 aromatic rings.